The molecule has 134 heavy (non-hydrogen) atoms. The zero-order valence-corrected chi connectivity index (χ0v) is 80.9. The Morgan fingerprint density at radius 1 is 0.500 bits per heavy atom. The molecule has 0 bridgehead atoms. The molecule has 17 rings (SSSR count). The first-order chi connectivity index (χ1) is 64.1. The lowest BCUT2D eigenvalue weighted by Gasteiger charge is -2.35. The topological polar surface area (TPSA) is 375 Å². The number of methoxy groups -OCH3 is 1. The van der Waals surface area contributed by atoms with Gasteiger partial charge in [-0.3, -0.25) is 38.8 Å². The van der Waals surface area contributed by atoms with E-state index in [0.29, 0.717) is 101 Å². The molecule has 0 spiro atoms. The van der Waals surface area contributed by atoms with Gasteiger partial charge < -0.3 is 49.4 Å². The van der Waals surface area contributed by atoms with Crippen LogP contribution in [-0.2, 0) is 40.9 Å². The molecule has 9 aliphatic rings. The number of anilines is 1. The Hall–Kier alpha value is -11.5. The highest BCUT2D eigenvalue weighted by molar-refractivity contribution is 6.31. The lowest BCUT2D eigenvalue weighted by atomic mass is 9.74. The number of hydroxylamine groups is 6. The lowest BCUT2D eigenvalue weighted by molar-refractivity contribution is -0.163. The molecule has 7 heterocycles. The summed E-state index contributed by atoms with van der Waals surface area (Å²) in [6, 6.07) is 51.1. The minimum absolute atomic E-state index is 0.0360. The van der Waals surface area contributed by atoms with Gasteiger partial charge in [-0.15, -0.1) is 0 Å². The average molecular weight is 1890 g/mol. The number of aromatic nitrogens is 2. The van der Waals surface area contributed by atoms with Crippen molar-refractivity contribution >= 4 is 94.0 Å². The Balaban J connectivity index is 0.000000144. The molecule has 9 atom stereocenters. The van der Waals surface area contributed by atoms with E-state index in [-0.39, 0.29) is 40.9 Å². The maximum atomic E-state index is 13.3. The van der Waals surface area contributed by atoms with Crippen LogP contribution < -0.4 is 49.4 Å². The highest BCUT2D eigenvalue weighted by Gasteiger charge is 2.50. The molecule has 6 aromatic carbocycles. The number of guanidine groups is 5. The summed E-state index contributed by atoms with van der Waals surface area (Å²) >= 11 is 17.8. The third-order valence-electron chi connectivity index (χ3n) is 27.3. The van der Waals surface area contributed by atoms with E-state index in [1.807, 2.05) is 107 Å². The molecule has 2 aromatic heterocycles. The number of halogens is 4. The summed E-state index contributed by atoms with van der Waals surface area (Å²) in [5.41, 5.74) is 37.5. The summed E-state index contributed by atoms with van der Waals surface area (Å²) in [6.07, 6.45) is 29.3. The first kappa shape index (κ1) is 100.0. The second kappa shape index (κ2) is 44.8. The Labute approximate surface area is 801 Å². The molecule has 4 aliphatic carbocycles. The highest BCUT2D eigenvalue weighted by Crippen LogP contribution is 2.45. The fraction of sp³-hybridized carbons (Fsp3) is 0.461. The number of aryl methyl sites for hydroxylation is 1. The molecule has 714 valence electrons. The first-order valence-electron chi connectivity index (χ1n) is 46.7. The van der Waals surface area contributed by atoms with Crippen molar-refractivity contribution < 1.29 is 42.8 Å². The van der Waals surface area contributed by atoms with E-state index in [1.165, 1.54) is 95.3 Å². The van der Waals surface area contributed by atoms with Gasteiger partial charge in [0, 0.05) is 87.2 Å². The van der Waals surface area contributed by atoms with Gasteiger partial charge in [-0.1, -0.05) is 204 Å². The second-order valence-corrected chi connectivity index (χ2v) is 38.7. The predicted octanol–water partition coefficient (Wildman–Crippen LogP) is 18.3. The number of ether oxygens (including phenoxy) is 1. The minimum atomic E-state index is -0.876. The summed E-state index contributed by atoms with van der Waals surface area (Å²) in [7, 11) is 10.3. The zero-order chi connectivity index (χ0) is 95.7. The third kappa shape index (κ3) is 25.6. The van der Waals surface area contributed by atoms with Crippen molar-refractivity contribution in [1.29, 1.82) is 0 Å². The number of benzene rings is 6. The number of aliphatic imine (C=N–C) groups is 5. The van der Waals surface area contributed by atoms with Crippen LogP contribution in [-0.4, -0.2) is 167 Å². The van der Waals surface area contributed by atoms with Crippen LogP contribution >= 0.6 is 34.8 Å². The van der Waals surface area contributed by atoms with E-state index in [9.17, 15) is 23.6 Å². The van der Waals surface area contributed by atoms with Crippen molar-refractivity contribution in [1.82, 2.24) is 45.6 Å². The summed E-state index contributed by atoms with van der Waals surface area (Å²) in [5, 5.41) is 14.7. The summed E-state index contributed by atoms with van der Waals surface area (Å²) in [5.74, 6) is 4.13. The third-order valence-corrected chi connectivity index (χ3v) is 28.1. The van der Waals surface area contributed by atoms with Gasteiger partial charge in [-0.25, -0.2) is 59.2 Å². The van der Waals surface area contributed by atoms with Crippen LogP contribution in [0.4, 0.5) is 14.9 Å². The van der Waals surface area contributed by atoms with Gasteiger partial charge in [0.15, 0.2) is 11.9 Å². The molecule has 0 saturated heterocycles. The largest absolute Gasteiger partial charge is 0.497 e. The summed E-state index contributed by atoms with van der Waals surface area (Å²) in [4.78, 5) is 103. The van der Waals surface area contributed by atoms with Crippen LogP contribution in [0.15, 0.2) is 201 Å². The highest BCUT2D eigenvalue weighted by atomic mass is 35.5. The van der Waals surface area contributed by atoms with Crippen LogP contribution in [0, 0.1) is 36.4 Å². The number of likely N-dealkylation sites (N-methyl/N-ethyl adjacent to an activating group) is 2. The second-order valence-electron chi connectivity index (χ2n) is 37.5. The average Bonchev–Trinajstić information content (AvgIpc) is 1.59. The van der Waals surface area contributed by atoms with Crippen molar-refractivity contribution in [3.8, 4) is 39.1 Å². The molecule has 4 fully saturated rings. The van der Waals surface area contributed by atoms with Crippen LogP contribution in [0.2, 0.25) is 15.2 Å². The minimum Gasteiger partial charge on any atom is -0.497 e. The maximum absolute atomic E-state index is 13.3. The van der Waals surface area contributed by atoms with Crippen LogP contribution in [0.1, 0.15) is 208 Å². The van der Waals surface area contributed by atoms with Gasteiger partial charge in [0.2, 0.25) is 23.6 Å². The van der Waals surface area contributed by atoms with Gasteiger partial charge >= 0.3 is 6.03 Å². The number of rotatable bonds is 21. The van der Waals surface area contributed by atoms with Crippen molar-refractivity contribution in [2.24, 2.45) is 77.3 Å². The Kier molecular flexibility index (Phi) is 33.4. The number of urea groups is 1. The molecule has 13 N–H and O–H groups in total. The van der Waals surface area contributed by atoms with E-state index < -0.39 is 33.7 Å². The summed E-state index contributed by atoms with van der Waals surface area (Å²) in [6.45, 7) is 8.62. The number of hydrogen-bond donors (Lipinski definition) is 8. The fourth-order valence-electron chi connectivity index (χ4n) is 19.6. The van der Waals surface area contributed by atoms with E-state index in [0.717, 1.165) is 139 Å². The number of hydrogen-bond acceptors (Lipinski definition) is 23. The maximum Gasteiger partial charge on any atom is 0.319 e. The quantitative estimate of drug-likeness (QED) is 0.0310. The van der Waals surface area contributed by atoms with Gasteiger partial charge in [0.1, 0.15) is 52.1 Å². The predicted molar refractivity (Wildman–Crippen MR) is 530 cm³/mol. The number of amides is 5. The lowest BCUT2D eigenvalue weighted by Crippen LogP contribution is -2.45. The first-order valence-corrected chi connectivity index (χ1v) is 47.8. The molecule has 3 unspecified atom stereocenters. The van der Waals surface area contributed by atoms with E-state index in [2.05, 4.69) is 77.3 Å². The molecule has 5 aliphatic heterocycles. The molecular formula is C102H130Cl3FN20O8. The Morgan fingerprint density at radius 2 is 0.970 bits per heavy atom. The van der Waals surface area contributed by atoms with Crippen molar-refractivity contribution in [3.05, 3.63) is 225 Å². The van der Waals surface area contributed by atoms with Gasteiger partial charge in [-0.05, 0) is 245 Å². The normalized spacial score (nSPS) is 24.8. The van der Waals surface area contributed by atoms with Crippen LogP contribution in [0.5, 0.6) is 5.75 Å². The molecule has 8 aromatic rings. The molecule has 32 heteroatoms. The van der Waals surface area contributed by atoms with Gasteiger partial charge in [0.05, 0.1) is 12.1 Å². The van der Waals surface area contributed by atoms with Crippen LogP contribution in [0.25, 0.3) is 33.4 Å². The monoisotopic (exact) mass is 1890 g/mol. The Bertz CT molecular complexity index is 5570. The van der Waals surface area contributed by atoms with E-state index >= 15 is 0 Å². The molecule has 4 saturated carbocycles. The van der Waals surface area contributed by atoms with E-state index in [4.69, 9.17) is 92.7 Å². The number of carbonyl (C=O) groups excluding carboxylic acids is 4. The fourth-order valence-corrected chi connectivity index (χ4v) is 20.2. The van der Waals surface area contributed by atoms with Gasteiger partial charge in [-0.2, -0.15) is 0 Å². The van der Waals surface area contributed by atoms with Gasteiger partial charge in [0.25, 0.3) is 17.7 Å². The standard InChI is InChI=1S/2C26H38ClN5O2.C18H21N3O2.C16H15ClFN3O.C16H18N4O/c1-17-13-20(15-22(27)29-17)23(33)30-21-10-6-9-19(14-21)16-26(24(34)32(2)25(28)31-26)12-11-18-7-4-3-5-8-18;1-32-23(33)26(31-24(32)28,15-14-18-6-3-2-4-7-18)17-19-8-5-9-22(16-19)30-25(34)29-21-12-10-20(27)11-13-21;1-18(12-23-21(2)17(19)20-18)15-8-4-6-13(10-15)14-7-5-9-16(11-14)22-3;1-16(20-15(19)21(2)22-16)12-5-3-4-10(8-12)11-6-7-14(18)13(17)9-11;1-16(11-21-20(2)15(17)19-16)14-7-3-5-12(9-14)13-6-4-8-18-10-13/h13,15,18-19,21H,3-12,14,16H2,1-2H3,(H2,28,31)(H,30,33);10-13,18-19,22H,2-9,14-17H2,1H3,(H2,28,31)(H2,29,30,34);4-11H,12H2,1-3H3,(H2,19,20);3-9H,1-2H3,(H2,19,20);3-10H,11H2,1-2H3,(H2,17,19)/t19-,21+,26+;19-,22+,26+;;;/m00.../s1. The Morgan fingerprint density at radius 3 is 1.44 bits per heavy atom. The van der Waals surface area contributed by atoms with Crippen molar-refractivity contribution in [2.45, 2.75) is 222 Å². The van der Waals surface area contributed by atoms with E-state index in [1.54, 1.807) is 97.1 Å². The molecular weight excluding hydrogens is 1760 g/mol. The molecule has 0 radical (unpaired) electrons. The smallest absolute Gasteiger partial charge is 0.319 e. The zero-order valence-electron chi connectivity index (χ0n) is 78.6. The SMILES string of the molecule is CN1C(=O)[C@@](CCC2CCCCC2)(C[C@H]2CCC[C@@H](NC(=O)Nc3ccc(Cl)cc3)C2)N=C1N.CN1OC(C)(c2cccc(-c3ccc(F)c(Cl)c3)c2)N=C1N.CN1OCC(C)(c2cccc(-c3cccnc3)c2)N=C1N.COc1cccc(-c2cccc(C3(C)CON(C)C(N)=N3)c2)c1.Cc1cc(C(=O)N[C@@H]2CCC[C@H](C[C@@]3(CCC4CCCCC4)N=C(N)N(C)C3=O)C2)cc(Cl)n1. The van der Waals surface area contributed by atoms with Crippen LogP contribution in [0.3, 0.4) is 0 Å². The number of nitrogens with zero attached hydrogens (tertiary/aromatic N) is 12. The molecule has 5 amide bonds. The molecule has 28 nitrogen and oxygen atoms in total. The van der Waals surface area contributed by atoms with Crippen molar-refractivity contribution in [2.75, 3.05) is 60.9 Å². The number of carbonyl (C=O) groups is 4. The number of nitrogens with two attached hydrogens (primary N) is 5. The summed E-state index contributed by atoms with van der Waals surface area (Å²) < 4.78 is 18.6. The van der Waals surface area contributed by atoms with Crippen molar-refractivity contribution in [3.63, 3.8) is 0 Å². The number of nitrogens with one attached hydrogen (secondary N) is 3. The number of pyridine rings is 2.